The van der Waals surface area contributed by atoms with Gasteiger partial charge >= 0.3 is 0 Å². The number of phenols is 1. The van der Waals surface area contributed by atoms with Crippen LogP contribution in [0.3, 0.4) is 0 Å². The van der Waals surface area contributed by atoms with Gasteiger partial charge in [-0.05, 0) is 60.3 Å². The van der Waals surface area contributed by atoms with Gasteiger partial charge in [0.25, 0.3) is 5.91 Å². The van der Waals surface area contributed by atoms with E-state index in [1.807, 2.05) is 18.2 Å². The minimum absolute atomic E-state index is 0.0373. The predicted octanol–water partition coefficient (Wildman–Crippen LogP) is 5.60. The van der Waals surface area contributed by atoms with Crippen LogP contribution in [0.2, 0.25) is 0 Å². The summed E-state index contributed by atoms with van der Waals surface area (Å²) in [6, 6.07) is 14.9. The van der Waals surface area contributed by atoms with Crippen LogP contribution in [0.15, 0.2) is 59.2 Å². The Morgan fingerprint density at radius 1 is 1.05 bits per heavy atom. The molecule has 1 aliphatic heterocycles. The molecule has 1 aliphatic carbocycles. The van der Waals surface area contributed by atoms with Gasteiger partial charge < -0.3 is 19.7 Å². The molecule has 2 aliphatic rings. The zero-order valence-corrected chi connectivity index (χ0v) is 23.5. The van der Waals surface area contributed by atoms with E-state index in [0.29, 0.717) is 22.8 Å². The van der Waals surface area contributed by atoms with Crippen molar-refractivity contribution in [1.29, 1.82) is 0 Å². The van der Waals surface area contributed by atoms with Gasteiger partial charge in [-0.25, -0.2) is 0 Å². The van der Waals surface area contributed by atoms with Gasteiger partial charge in [-0.3, -0.25) is 14.5 Å². The molecule has 2 fully saturated rings. The topological polar surface area (TPSA) is 86.0 Å². The van der Waals surface area contributed by atoms with Crippen LogP contribution >= 0.6 is 0 Å². The fourth-order valence-corrected chi connectivity index (χ4v) is 6.56. The summed E-state index contributed by atoms with van der Waals surface area (Å²) in [5.41, 5.74) is 1.91. The van der Waals surface area contributed by atoms with Crippen LogP contribution < -0.4 is 5.32 Å². The molecule has 39 heavy (non-hydrogen) atoms. The van der Waals surface area contributed by atoms with Crippen LogP contribution in [0.25, 0.3) is 11.0 Å². The highest BCUT2D eigenvalue weighted by Gasteiger charge is 2.51. The standard InChI is InChI=1S/C32H41N3O4/c1-21(2)18-35(19-22(3)4)28(23-8-6-5-7-9-23)31(38)34-14-13-32(20-34)16-24(17-32)33-30(37)26-10-11-27-25(29(26)36)12-15-39-27/h5-12,15,21-22,24,28,36H,13-14,16-20H2,1-4H3,(H,33,37). The lowest BCUT2D eigenvalue weighted by atomic mass is 9.65. The van der Waals surface area contributed by atoms with Gasteiger partial charge in [-0.15, -0.1) is 0 Å². The Labute approximate surface area is 231 Å². The summed E-state index contributed by atoms with van der Waals surface area (Å²) in [7, 11) is 0. The minimum Gasteiger partial charge on any atom is -0.506 e. The molecule has 1 atom stereocenters. The van der Waals surface area contributed by atoms with Crippen molar-refractivity contribution < 1.29 is 19.1 Å². The normalized spacial score (nSPS) is 21.7. The smallest absolute Gasteiger partial charge is 0.255 e. The number of fused-ring (bicyclic) bond motifs is 1. The van der Waals surface area contributed by atoms with Crippen LogP contribution in [0.1, 0.15) is 68.9 Å². The average molecular weight is 532 g/mol. The molecule has 1 unspecified atom stereocenters. The number of rotatable bonds is 9. The van der Waals surface area contributed by atoms with Crippen LogP contribution in [0.4, 0.5) is 0 Å². The van der Waals surface area contributed by atoms with E-state index in [4.69, 9.17) is 4.42 Å². The van der Waals surface area contributed by atoms with Gasteiger partial charge in [-0.2, -0.15) is 0 Å². The predicted molar refractivity (Wildman–Crippen MR) is 152 cm³/mol. The van der Waals surface area contributed by atoms with Gasteiger partial charge in [0.2, 0.25) is 5.91 Å². The van der Waals surface area contributed by atoms with E-state index in [1.165, 1.54) is 6.26 Å². The molecule has 1 saturated carbocycles. The number of amides is 2. The van der Waals surface area contributed by atoms with Crippen molar-refractivity contribution in [3.8, 4) is 5.75 Å². The lowest BCUT2D eigenvalue weighted by molar-refractivity contribution is -0.137. The third-order valence-corrected chi connectivity index (χ3v) is 8.21. The van der Waals surface area contributed by atoms with E-state index in [1.54, 1.807) is 18.2 Å². The lowest BCUT2D eigenvalue weighted by Gasteiger charge is -2.45. The monoisotopic (exact) mass is 531 g/mol. The molecule has 1 aromatic heterocycles. The Morgan fingerprint density at radius 2 is 1.74 bits per heavy atom. The van der Waals surface area contributed by atoms with E-state index in [2.05, 4.69) is 54.9 Å². The van der Waals surface area contributed by atoms with Gasteiger partial charge in [0.1, 0.15) is 17.4 Å². The molecule has 2 N–H and O–H groups in total. The van der Waals surface area contributed by atoms with Gasteiger partial charge in [0.05, 0.1) is 17.2 Å². The number of furan rings is 1. The second-order valence-corrected chi connectivity index (χ2v) is 12.4. The summed E-state index contributed by atoms with van der Waals surface area (Å²) >= 11 is 0. The van der Waals surface area contributed by atoms with Crippen molar-refractivity contribution in [3.63, 3.8) is 0 Å². The molecule has 2 amide bonds. The summed E-state index contributed by atoms with van der Waals surface area (Å²) in [6.07, 6.45) is 4.14. The van der Waals surface area contributed by atoms with Crippen molar-refractivity contribution >= 4 is 22.8 Å². The highest BCUT2D eigenvalue weighted by Crippen LogP contribution is 2.49. The van der Waals surface area contributed by atoms with Gasteiger partial charge in [-0.1, -0.05) is 58.0 Å². The first-order chi connectivity index (χ1) is 18.7. The minimum atomic E-state index is -0.289. The number of phenolic OH excluding ortho intramolecular Hbond substituents is 1. The Morgan fingerprint density at radius 3 is 2.41 bits per heavy atom. The number of carbonyl (C=O) groups excluding carboxylic acids is 2. The molecule has 208 valence electrons. The number of nitrogens with one attached hydrogen (secondary N) is 1. The van der Waals surface area contributed by atoms with E-state index in [-0.39, 0.29) is 40.6 Å². The quantitative estimate of drug-likeness (QED) is 0.375. The molecule has 7 heteroatoms. The number of hydrogen-bond donors (Lipinski definition) is 2. The van der Waals surface area contributed by atoms with E-state index in [0.717, 1.165) is 51.0 Å². The maximum Gasteiger partial charge on any atom is 0.255 e. The SMILES string of the molecule is CC(C)CN(CC(C)C)C(C(=O)N1CCC2(CC(NC(=O)c3ccc4occc4c3O)C2)C1)c1ccccc1. The Hall–Kier alpha value is -3.32. The number of benzene rings is 2. The van der Waals surface area contributed by atoms with Crippen molar-refractivity contribution in [2.75, 3.05) is 26.2 Å². The maximum atomic E-state index is 14.1. The average Bonchev–Trinajstić information content (AvgIpc) is 3.52. The van der Waals surface area contributed by atoms with Crippen molar-refractivity contribution in [2.24, 2.45) is 17.3 Å². The van der Waals surface area contributed by atoms with Crippen LogP contribution in [0.5, 0.6) is 5.75 Å². The molecule has 7 nitrogen and oxygen atoms in total. The van der Waals surface area contributed by atoms with Crippen LogP contribution in [0, 0.1) is 17.3 Å². The van der Waals surface area contributed by atoms with Crippen molar-refractivity contribution in [3.05, 3.63) is 65.9 Å². The highest BCUT2D eigenvalue weighted by molar-refractivity contribution is 6.02. The van der Waals surface area contributed by atoms with Gasteiger partial charge in [0, 0.05) is 32.2 Å². The third-order valence-electron chi connectivity index (χ3n) is 8.21. The lowest BCUT2D eigenvalue weighted by Crippen LogP contribution is -2.52. The molecule has 1 spiro atoms. The molecule has 2 heterocycles. The van der Waals surface area contributed by atoms with E-state index >= 15 is 0 Å². The van der Waals surface area contributed by atoms with Crippen LogP contribution in [-0.2, 0) is 4.79 Å². The highest BCUT2D eigenvalue weighted by atomic mass is 16.3. The molecule has 0 radical (unpaired) electrons. The molecule has 5 rings (SSSR count). The zero-order valence-electron chi connectivity index (χ0n) is 23.5. The number of aromatic hydroxyl groups is 1. The molecular weight excluding hydrogens is 490 g/mol. The maximum absolute atomic E-state index is 14.1. The summed E-state index contributed by atoms with van der Waals surface area (Å²) in [5.74, 6) is 0.771. The summed E-state index contributed by atoms with van der Waals surface area (Å²) in [4.78, 5) is 31.5. The van der Waals surface area contributed by atoms with Gasteiger partial charge in [0.15, 0.2) is 0 Å². The first kappa shape index (κ1) is 27.3. The molecular formula is C32H41N3O4. The Bertz CT molecular complexity index is 1300. The number of likely N-dealkylation sites (tertiary alicyclic amines) is 1. The molecule has 0 bridgehead atoms. The summed E-state index contributed by atoms with van der Waals surface area (Å²) in [6.45, 7) is 12.0. The second-order valence-electron chi connectivity index (χ2n) is 12.4. The number of nitrogens with zero attached hydrogens (tertiary/aromatic N) is 2. The van der Waals surface area contributed by atoms with Crippen molar-refractivity contribution in [1.82, 2.24) is 15.1 Å². The number of hydrogen-bond acceptors (Lipinski definition) is 5. The summed E-state index contributed by atoms with van der Waals surface area (Å²) < 4.78 is 5.31. The first-order valence-corrected chi connectivity index (χ1v) is 14.2. The second kappa shape index (κ2) is 11.0. The third kappa shape index (κ3) is 5.69. The molecule has 3 aromatic rings. The summed E-state index contributed by atoms with van der Waals surface area (Å²) in [5, 5.41) is 14.2. The first-order valence-electron chi connectivity index (χ1n) is 14.2. The van der Waals surface area contributed by atoms with E-state index in [9.17, 15) is 14.7 Å². The number of carbonyl (C=O) groups is 2. The van der Waals surface area contributed by atoms with E-state index < -0.39 is 0 Å². The van der Waals surface area contributed by atoms with Crippen molar-refractivity contribution in [2.45, 2.75) is 59.0 Å². The largest absolute Gasteiger partial charge is 0.506 e. The Balaban J connectivity index is 1.25. The molecule has 1 saturated heterocycles. The Kier molecular flexibility index (Phi) is 7.72. The fourth-order valence-electron chi connectivity index (χ4n) is 6.56. The molecule has 2 aromatic carbocycles. The van der Waals surface area contributed by atoms with Crippen LogP contribution in [-0.4, -0.2) is 58.9 Å². The zero-order chi connectivity index (χ0) is 27.7. The fraction of sp³-hybridized carbons (Fsp3) is 0.500.